The Morgan fingerprint density at radius 1 is 0.933 bits per heavy atom. The summed E-state index contributed by atoms with van der Waals surface area (Å²) >= 11 is 0. The quantitative estimate of drug-likeness (QED) is 0.347. The molecular weight excluding hydrogens is 281 g/mol. The second-order valence-electron chi connectivity index (χ2n) is 2.29. The van der Waals surface area contributed by atoms with Crippen molar-refractivity contribution >= 4 is 20.4 Å². The van der Waals surface area contributed by atoms with Crippen LogP contribution in [0.2, 0.25) is 0 Å². The minimum Gasteiger partial charge on any atom is -0.545 e. The molecule has 0 amide bonds. The Labute approximate surface area is 106 Å². The maximum Gasteiger partial charge on any atom is 4.00 e. The summed E-state index contributed by atoms with van der Waals surface area (Å²) in [5, 5.41) is 0. The first-order valence-corrected chi connectivity index (χ1v) is 3.92. The van der Waals surface area contributed by atoms with E-state index in [4.69, 9.17) is 14.4 Å². The van der Waals surface area contributed by atoms with Crippen molar-refractivity contribution in [3.05, 3.63) is 18.1 Å². The van der Waals surface area contributed by atoms with Crippen molar-refractivity contribution in [3.63, 3.8) is 0 Å². The summed E-state index contributed by atoms with van der Waals surface area (Å²) in [6.07, 6.45) is 6.73. The zero-order valence-corrected chi connectivity index (χ0v) is 11.1. The fourth-order valence-electron chi connectivity index (χ4n) is 0.486. The monoisotopic (exact) mass is 300 g/mol. The van der Waals surface area contributed by atoms with Gasteiger partial charge in [0.1, 0.15) is 0 Å². The van der Waals surface area contributed by atoms with Gasteiger partial charge in [-0.25, -0.2) is 0 Å². The largest absolute Gasteiger partial charge is 4.00 e. The Morgan fingerprint density at radius 2 is 1.27 bits per heavy atom. The molecule has 0 aliphatic rings. The molecule has 0 aromatic carbocycles. The van der Waals surface area contributed by atoms with E-state index in [0.717, 1.165) is 12.8 Å². The van der Waals surface area contributed by atoms with E-state index in [0.29, 0.717) is 0 Å². The SMILES string of the molecule is CC/C=C/C[C-](C)C.[CH-]=O.[CH-]=O.[CH-]=O.[Ru+4]. The zero-order chi connectivity index (χ0) is 12.4. The predicted molar refractivity (Wildman–Crippen MR) is 58.9 cm³/mol. The molecule has 3 nitrogen and oxygen atoms in total. The van der Waals surface area contributed by atoms with Crippen molar-refractivity contribution in [1.29, 1.82) is 0 Å². The zero-order valence-electron chi connectivity index (χ0n) is 9.38. The molecular formula is C11H18O3Ru. The van der Waals surface area contributed by atoms with Crippen LogP contribution in [0.4, 0.5) is 0 Å². The van der Waals surface area contributed by atoms with E-state index < -0.39 is 0 Å². The van der Waals surface area contributed by atoms with Crippen molar-refractivity contribution in [2.24, 2.45) is 0 Å². The van der Waals surface area contributed by atoms with E-state index in [1.54, 1.807) is 0 Å². The normalized spacial score (nSPS) is 6.93. The first-order chi connectivity index (χ1) is 6.77. The Kier molecular flexibility index (Phi) is 98.3. The molecule has 88 valence electrons. The van der Waals surface area contributed by atoms with E-state index in [-0.39, 0.29) is 19.5 Å². The van der Waals surface area contributed by atoms with Crippen LogP contribution < -0.4 is 0 Å². The summed E-state index contributed by atoms with van der Waals surface area (Å²) in [6.45, 7) is 16.2. The number of rotatable bonds is 3. The fourth-order valence-corrected chi connectivity index (χ4v) is 0.486. The Bertz CT molecular complexity index is 101. The van der Waals surface area contributed by atoms with E-state index in [2.05, 4.69) is 53.3 Å². The minimum absolute atomic E-state index is 0. The maximum atomic E-state index is 7.75. The van der Waals surface area contributed by atoms with Crippen LogP contribution in [-0.2, 0) is 33.9 Å². The van der Waals surface area contributed by atoms with Gasteiger partial charge >= 0.3 is 19.5 Å². The topological polar surface area (TPSA) is 51.2 Å². The minimum atomic E-state index is 0. The van der Waals surface area contributed by atoms with Gasteiger partial charge in [0.25, 0.3) is 0 Å². The molecule has 0 atom stereocenters. The number of hydrogen-bond donors (Lipinski definition) is 0. The van der Waals surface area contributed by atoms with Crippen LogP contribution in [0.15, 0.2) is 12.2 Å². The van der Waals surface area contributed by atoms with Gasteiger partial charge in [-0.1, -0.05) is 13.0 Å². The van der Waals surface area contributed by atoms with Crippen LogP contribution in [0.5, 0.6) is 0 Å². The summed E-state index contributed by atoms with van der Waals surface area (Å²) in [4.78, 5) is 23.2. The van der Waals surface area contributed by atoms with E-state index in [1.807, 2.05) is 0 Å². The van der Waals surface area contributed by atoms with Gasteiger partial charge < -0.3 is 20.3 Å². The third kappa shape index (κ3) is 90.4. The molecule has 0 radical (unpaired) electrons. The van der Waals surface area contributed by atoms with Gasteiger partial charge in [0.2, 0.25) is 0 Å². The smallest absolute Gasteiger partial charge is 0.545 e. The van der Waals surface area contributed by atoms with Crippen molar-refractivity contribution < 1.29 is 33.9 Å². The summed E-state index contributed by atoms with van der Waals surface area (Å²) in [5.41, 5.74) is 0. The Balaban J connectivity index is -0.0000000410. The Hall–Kier alpha value is -0.627. The van der Waals surface area contributed by atoms with Crippen LogP contribution in [-0.4, -0.2) is 20.4 Å². The summed E-state index contributed by atoms with van der Waals surface area (Å²) in [7, 11) is 0. The average molecular weight is 299 g/mol. The summed E-state index contributed by atoms with van der Waals surface area (Å²) in [5.74, 6) is 1.48. The molecule has 0 heterocycles. The maximum absolute atomic E-state index is 7.75. The second-order valence-corrected chi connectivity index (χ2v) is 2.29. The van der Waals surface area contributed by atoms with E-state index >= 15 is 0 Å². The van der Waals surface area contributed by atoms with Gasteiger partial charge in [0.15, 0.2) is 0 Å². The van der Waals surface area contributed by atoms with Gasteiger partial charge in [0, 0.05) is 0 Å². The Morgan fingerprint density at radius 3 is 1.47 bits per heavy atom. The number of carbonyl (C=O) groups excluding carboxylic acids is 3. The van der Waals surface area contributed by atoms with Gasteiger partial charge in [-0.3, -0.25) is 20.4 Å². The molecule has 15 heavy (non-hydrogen) atoms. The standard InChI is InChI=1S/C8H15.3CHO.Ru/c1-4-5-6-7-8(2)3;3*1-2;/h5-6H,4,7H2,1-3H3;3*1H;/q4*-1;+4/b6-5+;;;;. The average Bonchev–Trinajstić information content (AvgIpc) is 2.27. The number of hydrogen-bond acceptors (Lipinski definition) is 3. The van der Waals surface area contributed by atoms with E-state index in [9.17, 15) is 0 Å². The molecule has 0 spiro atoms. The number of allylic oxidation sites excluding steroid dienone is 2. The molecule has 0 aromatic heterocycles. The first kappa shape index (κ1) is 29.3. The molecule has 0 aliphatic carbocycles. The summed E-state index contributed by atoms with van der Waals surface area (Å²) < 4.78 is 0. The molecule has 0 saturated carbocycles. The molecule has 0 unspecified atom stereocenters. The molecule has 0 N–H and O–H groups in total. The van der Waals surface area contributed by atoms with Crippen LogP contribution >= 0.6 is 0 Å². The van der Waals surface area contributed by atoms with Gasteiger partial charge in [-0.05, 0) is 6.42 Å². The van der Waals surface area contributed by atoms with Gasteiger partial charge in [-0.15, -0.1) is 6.08 Å². The molecule has 0 aliphatic heterocycles. The molecule has 0 aromatic rings. The molecule has 0 bridgehead atoms. The summed E-state index contributed by atoms with van der Waals surface area (Å²) in [6, 6.07) is 0. The van der Waals surface area contributed by atoms with Gasteiger partial charge in [0.05, 0.1) is 0 Å². The molecule has 0 saturated heterocycles. The fraction of sp³-hybridized carbons (Fsp3) is 0.455. The molecule has 4 heteroatoms. The van der Waals surface area contributed by atoms with Crippen molar-refractivity contribution in [2.75, 3.05) is 0 Å². The first-order valence-electron chi connectivity index (χ1n) is 3.92. The van der Waals surface area contributed by atoms with Crippen LogP contribution in [0, 0.1) is 5.92 Å². The van der Waals surface area contributed by atoms with Crippen LogP contribution in [0.3, 0.4) is 0 Å². The second kappa shape index (κ2) is 50.4. The molecule has 0 rings (SSSR count). The third-order valence-electron chi connectivity index (χ3n) is 0.928. The van der Waals surface area contributed by atoms with Crippen molar-refractivity contribution in [1.82, 2.24) is 0 Å². The van der Waals surface area contributed by atoms with Gasteiger partial charge in [-0.2, -0.15) is 20.3 Å². The third-order valence-corrected chi connectivity index (χ3v) is 0.928. The van der Waals surface area contributed by atoms with E-state index in [1.165, 1.54) is 5.92 Å². The van der Waals surface area contributed by atoms with Crippen molar-refractivity contribution in [3.8, 4) is 0 Å². The van der Waals surface area contributed by atoms with Crippen LogP contribution in [0.1, 0.15) is 33.6 Å². The predicted octanol–water partition coefficient (Wildman–Crippen LogP) is 2.13. The molecule has 0 fully saturated rings. The van der Waals surface area contributed by atoms with Crippen LogP contribution in [0.25, 0.3) is 0 Å². The van der Waals surface area contributed by atoms with Crippen molar-refractivity contribution in [2.45, 2.75) is 33.6 Å².